The fourth-order valence-electron chi connectivity index (χ4n) is 3.48. The maximum atomic E-state index is 12.1. The van der Waals surface area contributed by atoms with Crippen LogP contribution in [0, 0.1) is 17.8 Å². The van der Waals surface area contributed by atoms with E-state index in [9.17, 15) is 4.79 Å². The van der Waals surface area contributed by atoms with E-state index in [1.165, 1.54) is 5.56 Å². The van der Waals surface area contributed by atoms with Gasteiger partial charge >= 0.3 is 5.97 Å². The topological polar surface area (TPSA) is 44.8 Å². The number of hydrogen-bond acceptors (Lipinski definition) is 4. The summed E-state index contributed by atoms with van der Waals surface area (Å²) in [6, 6.07) is 10.2. The van der Waals surface area contributed by atoms with Crippen LogP contribution in [0.1, 0.15) is 46.1 Å². The van der Waals surface area contributed by atoms with Gasteiger partial charge in [0, 0.05) is 5.92 Å². The van der Waals surface area contributed by atoms with Crippen LogP contribution in [0.5, 0.6) is 0 Å². The predicted molar refractivity (Wildman–Crippen MR) is 98.1 cm³/mol. The van der Waals surface area contributed by atoms with E-state index in [2.05, 4.69) is 26.0 Å². The highest BCUT2D eigenvalue weighted by atomic mass is 16.5. The first kappa shape index (κ1) is 19.9. The Hall–Kier alpha value is -1.39. The van der Waals surface area contributed by atoms with Crippen molar-refractivity contribution in [3.05, 3.63) is 35.9 Å². The Bertz CT molecular complexity index is 516. The number of carbonyl (C=O) groups is 1. The van der Waals surface area contributed by atoms with Gasteiger partial charge in [-0.15, -0.1) is 0 Å². The van der Waals surface area contributed by atoms with Crippen LogP contribution in [0.4, 0.5) is 0 Å². The molecule has 0 aromatic heterocycles. The van der Waals surface area contributed by atoms with Crippen LogP contribution in [0.3, 0.4) is 0 Å². The average molecular weight is 348 g/mol. The van der Waals surface area contributed by atoms with Crippen molar-refractivity contribution >= 4 is 5.97 Å². The van der Waals surface area contributed by atoms with Gasteiger partial charge in [0.05, 0.1) is 37.9 Å². The lowest BCUT2D eigenvalue weighted by molar-refractivity contribution is -0.167. The maximum Gasteiger partial charge on any atom is 0.311 e. The summed E-state index contributed by atoms with van der Waals surface area (Å²) in [5, 5.41) is 0. The molecule has 1 aromatic rings. The Balaban J connectivity index is 1.83. The van der Waals surface area contributed by atoms with Crippen molar-refractivity contribution in [1.29, 1.82) is 0 Å². The Labute approximate surface area is 151 Å². The zero-order valence-electron chi connectivity index (χ0n) is 15.9. The Kier molecular flexibility index (Phi) is 7.91. The molecule has 0 saturated carbocycles. The molecule has 0 amide bonds. The van der Waals surface area contributed by atoms with E-state index in [-0.39, 0.29) is 24.1 Å². The largest absolute Gasteiger partial charge is 0.466 e. The number of esters is 1. The van der Waals surface area contributed by atoms with Gasteiger partial charge in [-0.25, -0.2) is 0 Å². The summed E-state index contributed by atoms with van der Waals surface area (Å²) in [6.07, 6.45) is 2.15. The molecular formula is C21H32O4. The molecule has 0 aliphatic carbocycles. The molecule has 0 N–H and O–H groups in total. The van der Waals surface area contributed by atoms with Gasteiger partial charge in [-0.3, -0.25) is 4.79 Å². The second kappa shape index (κ2) is 9.93. The lowest BCUT2D eigenvalue weighted by Gasteiger charge is -2.39. The molecule has 140 valence electrons. The average Bonchev–Trinajstić information content (AvgIpc) is 2.62. The van der Waals surface area contributed by atoms with Gasteiger partial charge in [0.1, 0.15) is 0 Å². The van der Waals surface area contributed by atoms with Gasteiger partial charge < -0.3 is 14.2 Å². The minimum atomic E-state index is -0.227. The van der Waals surface area contributed by atoms with E-state index >= 15 is 0 Å². The van der Waals surface area contributed by atoms with Gasteiger partial charge in [-0.2, -0.15) is 0 Å². The lowest BCUT2D eigenvalue weighted by Crippen LogP contribution is -2.44. The standard InChI is InChI=1S/C21H32O4/c1-5-24-21(22)17(4)20-15(2)11-12-19(25-20)16(3)13-23-14-18-9-7-6-8-10-18/h6-10,15-17,19-20H,5,11-14H2,1-4H3/t15-,16+,17+,19-,20-/m0/s1. The number of carbonyl (C=O) groups excluding carboxylic acids is 1. The number of rotatable bonds is 8. The third kappa shape index (κ3) is 5.82. The summed E-state index contributed by atoms with van der Waals surface area (Å²) in [5.41, 5.74) is 1.18. The molecule has 0 unspecified atom stereocenters. The van der Waals surface area contributed by atoms with E-state index in [1.807, 2.05) is 32.0 Å². The first-order valence-electron chi connectivity index (χ1n) is 9.46. The van der Waals surface area contributed by atoms with Crippen LogP contribution < -0.4 is 0 Å². The van der Waals surface area contributed by atoms with Crippen LogP contribution in [0.15, 0.2) is 30.3 Å². The summed E-state index contributed by atoms with van der Waals surface area (Å²) in [7, 11) is 0. The predicted octanol–water partition coefficient (Wildman–Crippen LogP) is 4.22. The molecule has 1 saturated heterocycles. The molecule has 1 aliphatic heterocycles. The van der Waals surface area contributed by atoms with Gasteiger partial charge in [-0.05, 0) is 38.2 Å². The monoisotopic (exact) mass is 348 g/mol. The van der Waals surface area contributed by atoms with Crippen molar-refractivity contribution in [2.75, 3.05) is 13.2 Å². The minimum absolute atomic E-state index is 0.0747. The summed E-state index contributed by atoms with van der Waals surface area (Å²) in [5.74, 6) is 0.282. The molecule has 1 fully saturated rings. The molecule has 0 spiro atoms. The van der Waals surface area contributed by atoms with Crippen LogP contribution in [0.2, 0.25) is 0 Å². The SMILES string of the molecule is CCOC(=O)[C@H](C)[C@H]1O[C@H]([C@H](C)COCc2ccccc2)CC[C@@H]1C. The van der Waals surface area contributed by atoms with Gasteiger partial charge in [-0.1, -0.05) is 44.2 Å². The van der Waals surface area contributed by atoms with Gasteiger partial charge in [0.2, 0.25) is 0 Å². The molecule has 4 nitrogen and oxygen atoms in total. The lowest BCUT2D eigenvalue weighted by atomic mass is 9.84. The second-order valence-corrected chi connectivity index (χ2v) is 7.21. The normalized spacial score (nSPS) is 26.0. The number of benzene rings is 1. The van der Waals surface area contributed by atoms with E-state index in [4.69, 9.17) is 14.2 Å². The third-order valence-corrected chi connectivity index (χ3v) is 5.08. The van der Waals surface area contributed by atoms with Crippen LogP contribution >= 0.6 is 0 Å². The Morgan fingerprint density at radius 2 is 1.96 bits per heavy atom. The van der Waals surface area contributed by atoms with Crippen molar-refractivity contribution in [2.45, 2.75) is 59.4 Å². The second-order valence-electron chi connectivity index (χ2n) is 7.21. The first-order chi connectivity index (χ1) is 12.0. The molecule has 1 aromatic carbocycles. The molecule has 0 radical (unpaired) electrons. The summed E-state index contributed by atoms with van der Waals surface area (Å²) >= 11 is 0. The molecule has 1 heterocycles. The Morgan fingerprint density at radius 3 is 2.64 bits per heavy atom. The number of hydrogen-bond donors (Lipinski definition) is 0. The summed E-state index contributed by atoms with van der Waals surface area (Å²) < 4.78 is 17.4. The van der Waals surface area contributed by atoms with Crippen molar-refractivity contribution in [1.82, 2.24) is 0 Å². The zero-order chi connectivity index (χ0) is 18.2. The van der Waals surface area contributed by atoms with E-state index in [0.717, 1.165) is 12.8 Å². The fraction of sp³-hybridized carbons (Fsp3) is 0.667. The van der Waals surface area contributed by atoms with Crippen LogP contribution in [-0.2, 0) is 25.6 Å². The first-order valence-corrected chi connectivity index (χ1v) is 9.46. The molecule has 1 aliphatic rings. The Morgan fingerprint density at radius 1 is 1.24 bits per heavy atom. The molecule has 4 heteroatoms. The minimum Gasteiger partial charge on any atom is -0.466 e. The van der Waals surface area contributed by atoms with Gasteiger partial charge in [0.25, 0.3) is 0 Å². The molecule has 25 heavy (non-hydrogen) atoms. The number of ether oxygens (including phenoxy) is 3. The zero-order valence-corrected chi connectivity index (χ0v) is 15.9. The summed E-state index contributed by atoms with van der Waals surface area (Å²) in [6.45, 7) is 9.77. The highest BCUT2D eigenvalue weighted by Crippen LogP contribution is 2.33. The highest BCUT2D eigenvalue weighted by molar-refractivity contribution is 5.72. The third-order valence-electron chi connectivity index (χ3n) is 5.08. The highest BCUT2D eigenvalue weighted by Gasteiger charge is 2.37. The summed E-state index contributed by atoms with van der Waals surface area (Å²) in [4.78, 5) is 12.1. The van der Waals surface area contributed by atoms with E-state index < -0.39 is 0 Å². The van der Waals surface area contributed by atoms with Crippen LogP contribution in [0.25, 0.3) is 0 Å². The van der Waals surface area contributed by atoms with Crippen molar-refractivity contribution < 1.29 is 19.0 Å². The smallest absolute Gasteiger partial charge is 0.311 e. The van der Waals surface area contributed by atoms with E-state index in [1.54, 1.807) is 0 Å². The van der Waals surface area contributed by atoms with Crippen LogP contribution in [-0.4, -0.2) is 31.4 Å². The van der Waals surface area contributed by atoms with Gasteiger partial charge in [0.15, 0.2) is 0 Å². The van der Waals surface area contributed by atoms with Crippen molar-refractivity contribution in [3.8, 4) is 0 Å². The quantitative estimate of drug-likeness (QED) is 0.660. The fourth-order valence-corrected chi connectivity index (χ4v) is 3.48. The molecular weight excluding hydrogens is 316 g/mol. The van der Waals surface area contributed by atoms with Crippen molar-refractivity contribution in [2.24, 2.45) is 17.8 Å². The van der Waals surface area contributed by atoms with Crippen molar-refractivity contribution in [3.63, 3.8) is 0 Å². The van der Waals surface area contributed by atoms with E-state index in [0.29, 0.717) is 31.7 Å². The molecule has 2 rings (SSSR count). The molecule has 5 atom stereocenters. The molecule has 0 bridgehead atoms. The maximum absolute atomic E-state index is 12.1.